The van der Waals surface area contributed by atoms with Gasteiger partial charge in [-0.15, -0.1) is 0 Å². The second-order valence-corrected chi connectivity index (χ2v) is 5.26. The van der Waals surface area contributed by atoms with Gasteiger partial charge in [0.15, 0.2) is 0 Å². The third-order valence-corrected chi connectivity index (χ3v) is 3.75. The Labute approximate surface area is 123 Å². The van der Waals surface area contributed by atoms with Gasteiger partial charge in [-0.3, -0.25) is 14.5 Å². The molecule has 0 aromatic heterocycles. The summed E-state index contributed by atoms with van der Waals surface area (Å²) in [5.41, 5.74) is 1.86. The molecule has 21 heavy (non-hydrogen) atoms. The number of carboxylic acid groups (broad SMARTS) is 1. The van der Waals surface area contributed by atoms with Crippen LogP contribution in [0.15, 0.2) is 24.3 Å². The molecule has 0 bridgehead atoms. The van der Waals surface area contributed by atoms with Crippen molar-refractivity contribution in [3.63, 3.8) is 0 Å². The summed E-state index contributed by atoms with van der Waals surface area (Å²) in [6.45, 7) is 4.96. The average molecular weight is 290 g/mol. The van der Waals surface area contributed by atoms with Gasteiger partial charge >= 0.3 is 5.97 Å². The topological polar surface area (TPSA) is 77.9 Å². The summed E-state index contributed by atoms with van der Waals surface area (Å²) in [6, 6.07) is 5.79. The number of aryl methyl sites for hydroxylation is 1. The van der Waals surface area contributed by atoms with E-state index in [0.717, 1.165) is 16.2 Å². The van der Waals surface area contributed by atoms with Crippen molar-refractivity contribution in [2.75, 3.05) is 11.4 Å². The van der Waals surface area contributed by atoms with E-state index in [9.17, 15) is 14.4 Å². The normalized spacial score (nSPS) is 20.6. The number of hydrogen-bond acceptors (Lipinski definition) is 4. The Bertz CT molecular complexity index is 582. The average Bonchev–Trinajstić information content (AvgIpc) is 2.43. The van der Waals surface area contributed by atoms with Crippen LogP contribution < -0.4 is 4.90 Å². The van der Waals surface area contributed by atoms with Crippen LogP contribution >= 0.6 is 0 Å². The largest absolute Gasteiger partial charge is 0.480 e. The number of rotatable bonds is 3. The summed E-state index contributed by atoms with van der Waals surface area (Å²) in [4.78, 5) is 38.0. The van der Waals surface area contributed by atoms with E-state index >= 15 is 0 Å². The lowest BCUT2D eigenvalue weighted by molar-refractivity contribution is -0.159. The molecule has 6 nitrogen and oxygen atoms in total. The maximum atomic E-state index is 12.3. The molecule has 2 atom stereocenters. The highest BCUT2D eigenvalue weighted by Crippen LogP contribution is 2.23. The van der Waals surface area contributed by atoms with E-state index < -0.39 is 29.9 Å². The lowest BCUT2D eigenvalue weighted by Crippen LogP contribution is -2.62. The van der Waals surface area contributed by atoms with Crippen LogP contribution in [-0.2, 0) is 14.4 Å². The Morgan fingerprint density at radius 2 is 1.86 bits per heavy atom. The summed E-state index contributed by atoms with van der Waals surface area (Å²) in [7, 11) is 0. The molecule has 1 aliphatic rings. The Morgan fingerprint density at radius 1 is 1.29 bits per heavy atom. The standard InChI is InChI=1S/C15H18N2O4/c1-9-4-6-12(7-5-9)16-8-13(18)17(11(3)15(20)21)14(19)10(16)2/h4-7,10-11H,8H2,1-3H3,(H,20,21). The number of aliphatic carboxylic acids is 1. The van der Waals surface area contributed by atoms with Gasteiger partial charge in [0.05, 0.1) is 6.54 Å². The van der Waals surface area contributed by atoms with Gasteiger partial charge in [0, 0.05) is 5.69 Å². The molecular formula is C15H18N2O4. The third kappa shape index (κ3) is 2.74. The fraction of sp³-hybridized carbons (Fsp3) is 0.400. The summed E-state index contributed by atoms with van der Waals surface area (Å²) in [6.07, 6.45) is 0. The molecule has 1 aliphatic heterocycles. The Balaban J connectivity index is 2.28. The molecule has 2 amide bonds. The van der Waals surface area contributed by atoms with Crippen molar-refractivity contribution in [1.29, 1.82) is 0 Å². The number of carbonyl (C=O) groups is 3. The predicted molar refractivity (Wildman–Crippen MR) is 76.9 cm³/mol. The Kier molecular flexibility index (Phi) is 3.97. The van der Waals surface area contributed by atoms with Crippen molar-refractivity contribution < 1.29 is 19.5 Å². The minimum absolute atomic E-state index is 0.00636. The van der Waals surface area contributed by atoms with Crippen molar-refractivity contribution in [3.8, 4) is 0 Å². The molecule has 0 radical (unpaired) electrons. The van der Waals surface area contributed by atoms with Crippen molar-refractivity contribution >= 4 is 23.5 Å². The van der Waals surface area contributed by atoms with Crippen LogP contribution in [0, 0.1) is 6.92 Å². The first kappa shape index (κ1) is 15.0. The zero-order chi connectivity index (χ0) is 15.7. The first-order valence-corrected chi connectivity index (χ1v) is 6.75. The Morgan fingerprint density at radius 3 is 2.38 bits per heavy atom. The molecule has 6 heteroatoms. The summed E-state index contributed by atoms with van der Waals surface area (Å²) in [5, 5.41) is 9.01. The molecule has 1 fully saturated rings. The molecule has 1 saturated heterocycles. The van der Waals surface area contributed by atoms with Gasteiger partial charge in [0.25, 0.3) is 5.91 Å². The van der Waals surface area contributed by atoms with Crippen molar-refractivity contribution in [1.82, 2.24) is 4.90 Å². The number of anilines is 1. The van der Waals surface area contributed by atoms with Crippen molar-refractivity contribution in [2.24, 2.45) is 0 Å². The number of amides is 2. The summed E-state index contributed by atoms with van der Waals surface area (Å²) in [5.74, 6) is -2.16. The van der Waals surface area contributed by atoms with E-state index in [1.807, 2.05) is 31.2 Å². The van der Waals surface area contributed by atoms with E-state index in [4.69, 9.17) is 5.11 Å². The third-order valence-electron chi connectivity index (χ3n) is 3.75. The van der Waals surface area contributed by atoms with Crippen LogP contribution in [0.1, 0.15) is 19.4 Å². The predicted octanol–water partition coefficient (Wildman–Crippen LogP) is 1.03. The van der Waals surface area contributed by atoms with Gasteiger partial charge < -0.3 is 10.0 Å². The highest BCUT2D eigenvalue weighted by atomic mass is 16.4. The number of piperazine rings is 1. The lowest BCUT2D eigenvalue weighted by atomic mass is 10.1. The van der Waals surface area contributed by atoms with E-state index in [1.165, 1.54) is 6.92 Å². The van der Waals surface area contributed by atoms with Crippen LogP contribution in [0.25, 0.3) is 0 Å². The van der Waals surface area contributed by atoms with Gasteiger partial charge in [-0.25, -0.2) is 4.79 Å². The number of hydrogen-bond donors (Lipinski definition) is 1. The van der Waals surface area contributed by atoms with Gasteiger partial charge in [-0.2, -0.15) is 0 Å². The van der Waals surface area contributed by atoms with Crippen molar-refractivity contribution in [3.05, 3.63) is 29.8 Å². The molecule has 0 spiro atoms. The van der Waals surface area contributed by atoms with Crippen molar-refractivity contribution in [2.45, 2.75) is 32.9 Å². The molecule has 1 N–H and O–H groups in total. The SMILES string of the molecule is Cc1ccc(N2CC(=O)N(C(C)C(=O)O)C(=O)C2C)cc1. The van der Waals surface area contributed by atoms with Gasteiger partial charge in [0.2, 0.25) is 5.91 Å². The first-order chi connectivity index (χ1) is 9.82. The monoisotopic (exact) mass is 290 g/mol. The molecule has 0 saturated carbocycles. The fourth-order valence-corrected chi connectivity index (χ4v) is 2.38. The van der Waals surface area contributed by atoms with E-state index in [2.05, 4.69) is 0 Å². The number of carboxylic acids is 1. The van der Waals surface area contributed by atoms with Gasteiger partial charge in [-0.05, 0) is 32.9 Å². The van der Waals surface area contributed by atoms with E-state index in [-0.39, 0.29) is 6.54 Å². The van der Waals surface area contributed by atoms with Crippen LogP contribution in [0.4, 0.5) is 5.69 Å². The van der Waals surface area contributed by atoms with Gasteiger partial charge in [-0.1, -0.05) is 17.7 Å². The van der Waals surface area contributed by atoms with Crippen LogP contribution in [0.2, 0.25) is 0 Å². The summed E-state index contributed by atoms with van der Waals surface area (Å²) < 4.78 is 0. The lowest BCUT2D eigenvalue weighted by Gasteiger charge is -2.40. The van der Waals surface area contributed by atoms with Crippen LogP contribution in [0.3, 0.4) is 0 Å². The number of carbonyl (C=O) groups excluding carboxylic acids is 2. The van der Waals surface area contributed by atoms with Crippen LogP contribution in [0.5, 0.6) is 0 Å². The van der Waals surface area contributed by atoms with E-state index in [0.29, 0.717) is 0 Å². The molecule has 2 rings (SSSR count). The number of benzene rings is 1. The smallest absolute Gasteiger partial charge is 0.326 e. The molecule has 1 aromatic rings. The molecule has 0 aliphatic carbocycles. The zero-order valence-electron chi connectivity index (χ0n) is 12.2. The quantitative estimate of drug-likeness (QED) is 0.841. The molecule has 1 heterocycles. The fourth-order valence-electron chi connectivity index (χ4n) is 2.38. The molecule has 1 aromatic carbocycles. The highest BCUT2D eigenvalue weighted by molar-refractivity contribution is 6.06. The summed E-state index contributed by atoms with van der Waals surface area (Å²) >= 11 is 0. The maximum absolute atomic E-state index is 12.3. The molecule has 2 unspecified atom stereocenters. The number of nitrogens with zero attached hydrogens (tertiary/aromatic N) is 2. The number of imide groups is 1. The second kappa shape index (κ2) is 5.55. The Hall–Kier alpha value is -2.37. The van der Waals surface area contributed by atoms with Gasteiger partial charge in [0.1, 0.15) is 12.1 Å². The highest BCUT2D eigenvalue weighted by Gasteiger charge is 2.41. The molecule has 112 valence electrons. The maximum Gasteiger partial charge on any atom is 0.326 e. The minimum Gasteiger partial charge on any atom is -0.480 e. The second-order valence-electron chi connectivity index (χ2n) is 5.26. The molecular weight excluding hydrogens is 272 g/mol. The van der Waals surface area contributed by atoms with Crippen LogP contribution in [-0.4, -0.2) is 46.4 Å². The first-order valence-electron chi connectivity index (χ1n) is 6.75. The zero-order valence-corrected chi connectivity index (χ0v) is 12.2. The minimum atomic E-state index is -1.19. The van der Waals surface area contributed by atoms with E-state index in [1.54, 1.807) is 11.8 Å².